The molecule has 3 rings (SSSR count). The van der Waals surface area contributed by atoms with E-state index in [4.69, 9.17) is 0 Å². The molecule has 0 atom stereocenters. The molecule has 26 heavy (non-hydrogen) atoms. The first kappa shape index (κ1) is 17.8. The molecule has 3 aromatic rings. The molecule has 0 radical (unpaired) electrons. The maximum absolute atomic E-state index is 4.47. The molecule has 2 heterocycles. The minimum Gasteiger partial charge on any atom is -0.355 e. The van der Waals surface area contributed by atoms with Crippen LogP contribution in [0, 0.1) is 0 Å². The van der Waals surface area contributed by atoms with Gasteiger partial charge in [0.1, 0.15) is 5.82 Å². The van der Waals surface area contributed by atoms with Crippen LogP contribution in [-0.4, -0.2) is 33.7 Å². The van der Waals surface area contributed by atoms with Gasteiger partial charge in [-0.05, 0) is 24.1 Å². The summed E-state index contributed by atoms with van der Waals surface area (Å²) in [6, 6.07) is 14.6. The van der Waals surface area contributed by atoms with Gasteiger partial charge in [-0.15, -0.1) is 0 Å². The summed E-state index contributed by atoms with van der Waals surface area (Å²) < 4.78 is 4.32. The van der Waals surface area contributed by atoms with E-state index in [9.17, 15) is 0 Å². The maximum Gasteiger partial charge on any atom is 0.191 e. The van der Waals surface area contributed by atoms with Crippen LogP contribution in [0.4, 0.5) is 0 Å². The van der Waals surface area contributed by atoms with Gasteiger partial charge in [0.05, 0.1) is 6.54 Å². The molecule has 136 valence electrons. The number of hydrogen-bond donors (Lipinski definition) is 2. The Morgan fingerprint density at radius 2 is 1.81 bits per heavy atom. The quantitative estimate of drug-likeness (QED) is 0.484. The topological polar surface area (TPSA) is 59.2 Å². The molecular weight excluding hydrogens is 324 g/mol. The van der Waals surface area contributed by atoms with Crippen LogP contribution in [0.3, 0.4) is 0 Å². The van der Waals surface area contributed by atoms with Gasteiger partial charge in [0.15, 0.2) is 5.96 Å². The second-order valence-electron chi connectivity index (χ2n) is 6.05. The first-order valence-corrected chi connectivity index (χ1v) is 8.94. The summed E-state index contributed by atoms with van der Waals surface area (Å²) in [6.07, 6.45) is 8.99. The lowest BCUT2D eigenvalue weighted by molar-refractivity contribution is 0.627. The lowest BCUT2D eigenvalue weighted by atomic mass is 10.1. The van der Waals surface area contributed by atoms with Crippen molar-refractivity contribution in [1.82, 2.24) is 24.8 Å². The number of benzene rings is 1. The van der Waals surface area contributed by atoms with Crippen LogP contribution in [0.5, 0.6) is 0 Å². The molecule has 0 unspecified atom stereocenters. The van der Waals surface area contributed by atoms with Crippen LogP contribution in [0.25, 0.3) is 0 Å². The predicted octanol–water partition coefficient (Wildman–Crippen LogP) is 2.29. The van der Waals surface area contributed by atoms with Crippen LogP contribution >= 0.6 is 0 Å². The van der Waals surface area contributed by atoms with Gasteiger partial charge in [-0.2, -0.15) is 0 Å². The number of nitrogens with one attached hydrogen (secondary N) is 2. The Kier molecular flexibility index (Phi) is 6.47. The van der Waals surface area contributed by atoms with Crippen LogP contribution in [0.1, 0.15) is 11.4 Å². The first-order chi connectivity index (χ1) is 12.8. The Bertz CT molecular complexity index is 789. The third-order valence-corrected chi connectivity index (χ3v) is 4.25. The highest BCUT2D eigenvalue weighted by Crippen LogP contribution is 2.04. The number of hydrogen-bond acceptors (Lipinski definition) is 2. The van der Waals surface area contributed by atoms with E-state index in [-0.39, 0.29) is 0 Å². The highest BCUT2D eigenvalue weighted by atomic mass is 15.2. The minimum atomic E-state index is 0.644. The molecule has 0 saturated heterocycles. The van der Waals surface area contributed by atoms with Gasteiger partial charge >= 0.3 is 0 Å². The summed E-state index contributed by atoms with van der Waals surface area (Å²) in [5.41, 5.74) is 1.34. The molecule has 0 spiro atoms. The molecule has 6 heteroatoms. The second-order valence-corrected chi connectivity index (χ2v) is 6.05. The van der Waals surface area contributed by atoms with Crippen molar-refractivity contribution in [3.05, 3.63) is 78.6 Å². The normalized spacial score (nSPS) is 11.5. The van der Waals surface area contributed by atoms with Crippen molar-refractivity contribution in [1.29, 1.82) is 0 Å². The summed E-state index contributed by atoms with van der Waals surface area (Å²) in [6.45, 7) is 3.28. The number of guanidine groups is 1. The van der Waals surface area contributed by atoms with E-state index >= 15 is 0 Å². The summed E-state index contributed by atoms with van der Waals surface area (Å²) in [5.74, 6) is 1.80. The maximum atomic E-state index is 4.47. The van der Waals surface area contributed by atoms with E-state index in [2.05, 4.69) is 66.4 Å². The molecule has 0 saturated carbocycles. The molecule has 0 fully saturated rings. The highest BCUT2D eigenvalue weighted by Gasteiger charge is 2.05. The van der Waals surface area contributed by atoms with Crippen LogP contribution in [0.2, 0.25) is 0 Å². The smallest absolute Gasteiger partial charge is 0.191 e. The zero-order valence-electron chi connectivity index (χ0n) is 15.2. The molecule has 0 amide bonds. The molecule has 2 aromatic heterocycles. The summed E-state index contributed by atoms with van der Waals surface area (Å²) in [4.78, 5) is 8.75. The molecule has 0 bridgehead atoms. The third-order valence-electron chi connectivity index (χ3n) is 4.25. The fourth-order valence-electron chi connectivity index (χ4n) is 2.81. The largest absolute Gasteiger partial charge is 0.355 e. The number of aliphatic imine (C=N–C) groups is 1. The molecule has 0 aliphatic heterocycles. The van der Waals surface area contributed by atoms with E-state index in [0.717, 1.165) is 37.8 Å². The number of rotatable bonds is 8. The monoisotopic (exact) mass is 350 g/mol. The standard InChI is InChI=1S/C20H26N6/c1-21-20(23-10-15-25-12-5-6-13-25)24-17-19-22-11-16-26(19)14-9-18-7-3-2-4-8-18/h2-8,11-13,16H,9-10,14-15,17H2,1H3,(H2,21,23,24). The van der Waals surface area contributed by atoms with Crippen LogP contribution < -0.4 is 10.6 Å². The zero-order valence-corrected chi connectivity index (χ0v) is 15.2. The molecule has 0 aliphatic rings. The Balaban J connectivity index is 1.45. The van der Waals surface area contributed by atoms with Gasteiger partial charge in [0, 0.05) is 51.5 Å². The fourth-order valence-corrected chi connectivity index (χ4v) is 2.81. The van der Waals surface area contributed by atoms with Crippen LogP contribution in [-0.2, 0) is 26.1 Å². The SMILES string of the molecule is CN=C(NCCn1cccc1)NCc1nccn1CCc1ccccc1. The first-order valence-electron chi connectivity index (χ1n) is 8.94. The Hall–Kier alpha value is -3.02. The van der Waals surface area contributed by atoms with Gasteiger partial charge in [-0.1, -0.05) is 30.3 Å². The predicted molar refractivity (Wildman–Crippen MR) is 105 cm³/mol. The fraction of sp³-hybridized carbons (Fsp3) is 0.300. The highest BCUT2D eigenvalue weighted by molar-refractivity contribution is 5.79. The van der Waals surface area contributed by atoms with Crippen molar-refractivity contribution in [3.63, 3.8) is 0 Å². The molecule has 0 aliphatic carbocycles. The number of aromatic nitrogens is 3. The molecule has 1 aromatic carbocycles. The second kappa shape index (κ2) is 9.46. The lowest BCUT2D eigenvalue weighted by Crippen LogP contribution is -2.38. The average molecular weight is 350 g/mol. The van der Waals surface area contributed by atoms with Gasteiger partial charge < -0.3 is 19.8 Å². The van der Waals surface area contributed by atoms with Gasteiger partial charge in [-0.25, -0.2) is 4.98 Å². The number of imidazole rings is 1. The van der Waals surface area contributed by atoms with Crippen molar-refractivity contribution >= 4 is 5.96 Å². The average Bonchev–Trinajstić information content (AvgIpc) is 3.35. The van der Waals surface area contributed by atoms with Crippen molar-refractivity contribution in [3.8, 4) is 0 Å². The van der Waals surface area contributed by atoms with Crippen molar-refractivity contribution in [2.24, 2.45) is 4.99 Å². The van der Waals surface area contributed by atoms with E-state index in [1.165, 1.54) is 5.56 Å². The van der Waals surface area contributed by atoms with Gasteiger partial charge in [0.25, 0.3) is 0 Å². The van der Waals surface area contributed by atoms with Crippen LogP contribution in [0.15, 0.2) is 72.2 Å². The third kappa shape index (κ3) is 5.24. The van der Waals surface area contributed by atoms with Crippen molar-refractivity contribution in [2.75, 3.05) is 13.6 Å². The molecule has 6 nitrogen and oxygen atoms in total. The Morgan fingerprint density at radius 1 is 1.00 bits per heavy atom. The van der Waals surface area contributed by atoms with E-state index in [0.29, 0.717) is 6.54 Å². The Labute approximate surface area is 154 Å². The summed E-state index contributed by atoms with van der Waals surface area (Å²) in [5, 5.41) is 6.67. The zero-order chi connectivity index (χ0) is 18.0. The van der Waals surface area contributed by atoms with Gasteiger partial charge in [-0.3, -0.25) is 4.99 Å². The molecule has 2 N–H and O–H groups in total. The van der Waals surface area contributed by atoms with Crippen molar-refractivity contribution < 1.29 is 0 Å². The van der Waals surface area contributed by atoms with E-state index < -0.39 is 0 Å². The Morgan fingerprint density at radius 3 is 2.58 bits per heavy atom. The summed E-state index contributed by atoms with van der Waals surface area (Å²) in [7, 11) is 1.78. The summed E-state index contributed by atoms with van der Waals surface area (Å²) >= 11 is 0. The minimum absolute atomic E-state index is 0.644. The molecular formula is C20H26N6. The van der Waals surface area contributed by atoms with E-state index in [1.807, 2.05) is 30.6 Å². The number of aryl methyl sites for hydroxylation is 2. The lowest BCUT2D eigenvalue weighted by Gasteiger charge is -2.13. The number of nitrogens with zero attached hydrogens (tertiary/aromatic N) is 4. The van der Waals surface area contributed by atoms with Crippen molar-refractivity contribution in [2.45, 2.75) is 26.1 Å². The van der Waals surface area contributed by atoms with E-state index in [1.54, 1.807) is 7.05 Å². The van der Waals surface area contributed by atoms with Gasteiger partial charge in [0.2, 0.25) is 0 Å².